The van der Waals surface area contributed by atoms with Crippen molar-refractivity contribution < 1.29 is 9.21 Å². The largest absolute Gasteiger partial charge is 0.440 e. The van der Waals surface area contributed by atoms with Gasteiger partial charge < -0.3 is 9.73 Å². The molecule has 2 rings (SSSR count). The van der Waals surface area contributed by atoms with Gasteiger partial charge in [-0.15, -0.1) is 10.2 Å². The Kier molecular flexibility index (Phi) is 3.93. The number of furan rings is 1. The maximum absolute atomic E-state index is 11.9. The number of amides is 1. The monoisotopic (exact) mass is 269 g/mol. The summed E-state index contributed by atoms with van der Waals surface area (Å²) in [6, 6.07) is 2.72. The maximum atomic E-state index is 11.9. The second kappa shape index (κ2) is 5.63. The van der Waals surface area contributed by atoms with Crippen LogP contribution in [0.2, 0.25) is 5.22 Å². The van der Waals surface area contributed by atoms with E-state index < -0.39 is 0 Å². The summed E-state index contributed by atoms with van der Waals surface area (Å²) in [5.41, 5.74) is 0. The van der Waals surface area contributed by atoms with Gasteiger partial charge in [-0.1, -0.05) is 18.6 Å². The Morgan fingerprint density at radius 2 is 2.44 bits per heavy atom. The molecule has 0 bridgehead atoms. The van der Waals surface area contributed by atoms with Crippen molar-refractivity contribution in [2.45, 2.75) is 25.8 Å². The number of aromatic amines is 1. The summed E-state index contributed by atoms with van der Waals surface area (Å²) in [7, 11) is 0. The Morgan fingerprint density at radius 1 is 1.61 bits per heavy atom. The fourth-order valence-corrected chi connectivity index (χ4v) is 1.68. The van der Waals surface area contributed by atoms with E-state index in [1.807, 2.05) is 6.92 Å². The first-order valence-electron chi connectivity index (χ1n) is 5.50. The van der Waals surface area contributed by atoms with Gasteiger partial charge in [-0.05, 0) is 30.2 Å². The van der Waals surface area contributed by atoms with Crippen molar-refractivity contribution in [3.63, 3.8) is 0 Å². The lowest BCUT2D eigenvalue weighted by atomic mass is 10.1. The topological polar surface area (TPSA) is 96.7 Å². The van der Waals surface area contributed by atoms with Gasteiger partial charge in [0.15, 0.2) is 16.8 Å². The third-order valence-electron chi connectivity index (χ3n) is 2.35. The minimum absolute atomic E-state index is 0.157. The summed E-state index contributed by atoms with van der Waals surface area (Å²) in [6.07, 6.45) is 1.58. The standard InChI is InChI=1S/C10H12ClN5O2/c1-2-3-6(9-13-15-16-14-9)12-10(17)7-4-5-8(11)18-7/h4-6H,2-3H2,1H3,(H,12,17)(H,13,14,15,16)/t6-/m1/s1. The first-order chi connectivity index (χ1) is 8.70. The molecule has 96 valence electrons. The zero-order valence-electron chi connectivity index (χ0n) is 9.68. The number of rotatable bonds is 5. The lowest BCUT2D eigenvalue weighted by Crippen LogP contribution is -2.29. The number of H-pyrrole nitrogens is 1. The first-order valence-corrected chi connectivity index (χ1v) is 5.88. The molecule has 0 aliphatic carbocycles. The summed E-state index contributed by atoms with van der Waals surface area (Å²) in [5.74, 6) is 0.248. The van der Waals surface area contributed by atoms with Crippen molar-refractivity contribution in [2.75, 3.05) is 0 Å². The molecule has 0 aliphatic heterocycles. The number of halogens is 1. The summed E-state index contributed by atoms with van der Waals surface area (Å²) >= 11 is 5.62. The molecular weight excluding hydrogens is 258 g/mol. The molecule has 0 aliphatic rings. The Labute approximate surface area is 108 Å². The number of carbonyl (C=O) groups excluding carboxylic acids is 1. The number of hydrogen-bond donors (Lipinski definition) is 2. The molecule has 0 spiro atoms. The highest BCUT2D eigenvalue weighted by molar-refractivity contribution is 6.29. The Morgan fingerprint density at radius 3 is 3.00 bits per heavy atom. The van der Waals surface area contributed by atoms with Gasteiger partial charge in [-0.25, -0.2) is 0 Å². The normalized spacial score (nSPS) is 12.3. The van der Waals surface area contributed by atoms with Crippen LogP contribution in [0.5, 0.6) is 0 Å². The molecule has 0 saturated carbocycles. The van der Waals surface area contributed by atoms with E-state index in [0.717, 1.165) is 6.42 Å². The molecule has 0 unspecified atom stereocenters. The molecular formula is C10H12ClN5O2. The molecule has 18 heavy (non-hydrogen) atoms. The van der Waals surface area contributed by atoms with Crippen molar-refractivity contribution in [3.8, 4) is 0 Å². The van der Waals surface area contributed by atoms with Gasteiger partial charge >= 0.3 is 0 Å². The number of nitrogens with zero attached hydrogens (tertiary/aromatic N) is 3. The van der Waals surface area contributed by atoms with Crippen LogP contribution in [0, 0.1) is 0 Å². The second-order valence-corrected chi connectivity index (χ2v) is 4.06. The van der Waals surface area contributed by atoms with E-state index in [0.29, 0.717) is 12.2 Å². The van der Waals surface area contributed by atoms with Gasteiger partial charge in [-0.2, -0.15) is 5.21 Å². The van der Waals surface area contributed by atoms with E-state index in [9.17, 15) is 4.79 Å². The Bertz CT molecular complexity index is 510. The molecule has 0 aromatic carbocycles. The zero-order chi connectivity index (χ0) is 13.0. The van der Waals surface area contributed by atoms with Crippen molar-refractivity contribution in [1.29, 1.82) is 0 Å². The highest BCUT2D eigenvalue weighted by atomic mass is 35.5. The van der Waals surface area contributed by atoms with Crippen LogP contribution in [-0.4, -0.2) is 26.5 Å². The molecule has 2 aromatic heterocycles. The first kappa shape index (κ1) is 12.6. The third kappa shape index (κ3) is 2.86. The molecule has 1 amide bonds. The van der Waals surface area contributed by atoms with Crippen LogP contribution in [0.1, 0.15) is 42.2 Å². The van der Waals surface area contributed by atoms with Crippen LogP contribution in [0.3, 0.4) is 0 Å². The molecule has 2 N–H and O–H groups in total. The van der Waals surface area contributed by atoms with Crippen molar-refractivity contribution in [3.05, 3.63) is 28.9 Å². The van der Waals surface area contributed by atoms with E-state index in [4.69, 9.17) is 16.0 Å². The molecule has 8 heteroatoms. The predicted molar refractivity (Wildman–Crippen MR) is 63.0 cm³/mol. The molecule has 2 heterocycles. The van der Waals surface area contributed by atoms with Crippen LogP contribution in [0.4, 0.5) is 0 Å². The van der Waals surface area contributed by atoms with Gasteiger partial charge in [0.1, 0.15) is 0 Å². The lowest BCUT2D eigenvalue weighted by Gasteiger charge is -2.13. The lowest BCUT2D eigenvalue weighted by molar-refractivity contribution is 0.0904. The Hall–Kier alpha value is -1.89. The summed E-state index contributed by atoms with van der Waals surface area (Å²) in [4.78, 5) is 11.9. The molecule has 1 atom stereocenters. The quantitative estimate of drug-likeness (QED) is 0.861. The fraction of sp³-hybridized carbons (Fsp3) is 0.400. The molecule has 2 aromatic rings. The summed E-state index contributed by atoms with van der Waals surface area (Å²) in [6.45, 7) is 2.00. The number of hydrogen-bond acceptors (Lipinski definition) is 5. The highest BCUT2D eigenvalue weighted by Gasteiger charge is 2.20. The third-order valence-corrected chi connectivity index (χ3v) is 2.56. The van der Waals surface area contributed by atoms with Gasteiger partial charge in [0.05, 0.1) is 6.04 Å². The number of tetrazole rings is 1. The Balaban J connectivity index is 2.07. The SMILES string of the molecule is CCC[C@@H](NC(=O)c1ccc(Cl)o1)c1nn[nH]n1. The second-order valence-electron chi connectivity index (χ2n) is 3.69. The zero-order valence-corrected chi connectivity index (χ0v) is 10.4. The van der Waals surface area contributed by atoms with Crippen molar-refractivity contribution in [1.82, 2.24) is 25.9 Å². The van der Waals surface area contributed by atoms with Crippen LogP contribution in [0.15, 0.2) is 16.5 Å². The maximum Gasteiger partial charge on any atom is 0.287 e. The molecule has 7 nitrogen and oxygen atoms in total. The predicted octanol–water partition coefficient (Wildman–Crippen LogP) is 1.72. The molecule has 0 radical (unpaired) electrons. The van der Waals surface area contributed by atoms with Gasteiger partial charge in [-0.3, -0.25) is 4.79 Å². The summed E-state index contributed by atoms with van der Waals surface area (Å²) < 4.78 is 5.03. The number of nitrogens with one attached hydrogen (secondary N) is 2. The van der Waals surface area contributed by atoms with Crippen LogP contribution in [0.25, 0.3) is 0 Å². The fourth-order valence-electron chi connectivity index (χ4n) is 1.54. The minimum Gasteiger partial charge on any atom is -0.440 e. The highest BCUT2D eigenvalue weighted by Crippen LogP contribution is 2.17. The van der Waals surface area contributed by atoms with Crippen molar-refractivity contribution >= 4 is 17.5 Å². The van der Waals surface area contributed by atoms with Crippen LogP contribution < -0.4 is 5.32 Å². The van der Waals surface area contributed by atoms with E-state index >= 15 is 0 Å². The van der Waals surface area contributed by atoms with E-state index in [-0.39, 0.29) is 22.9 Å². The number of aromatic nitrogens is 4. The average Bonchev–Trinajstić information content (AvgIpc) is 2.98. The van der Waals surface area contributed by atoms with E-state index in [1.54, 1.807) is 0 Å². The average molecular weight is 270 g/mol. The molecule has 0 fully saturated rings. The van der Waals surface area contributed by atoms with Gasteiger partial charge in [0.25, 0.3) is 5.91 Å². The summed E-state index contributed by atoms with van der Waals surface area (Å²) in [5, 5.41) is 16.5. The number of carbonyl (C=O) groups is 1. The van der Waals surface area contributed by atoms with Crippen LogP contribution in [-0.2, 0) is 0 Å². The molecule has 0 saturated heterocycles. The van der Waals surface area contributed by atoms with Gasteiger partial charge in [0, 0.05) is 0 Å². The van der Waals surface area contributed by atoms with Crippen molar-refractivity contribution in [2.24, 2.45) is 0 Å². The minimum atomic E-state index is -0.356. The smallest absolute Gasteiger partial charge is 0.287 e. The van der Waals surface area contributed by atoms with Gasteiger partial charge in [0.2, 0.25) is 0 Å². The van der Waals surface area contributed by atoms with E-state index in [1.165, 1.54) is 12.1 Å². The van der Waals surface area contributed by atoms with Crippen LogP contribution >= 0.6 is 11.6 Å². The van der Waals surface area contributed by atoms with E-state index in [2.05, 4.69) is 25.9 Å².